The second kappa shape index (κ2) is 3.74. The zero-order chi connectivity index (χ0) is 10.0. The van der Waals surface area contributed by atoms with E-state index in [1.54, 1.807) is 0 Å². The Kier molecular flexibility index (Phi) is 2.60. The first-order valence-corrected chi connectivity index (χ1v) is 6.53. The van der Waals surface area contributed by atoms with E-state index in [0.29, 0.717) is 6.54 Å². The third kappa shape index (κ3) is 2.16. The number of sulfone groups is 1. The standard InChI is InChI=1S/C9H14N2O2S/c12-14(13)5-4-11-9(7-14)8-2-1-3-10-6-8/h1-2,6,9-11H,3-5,7H2. The van der Waals surface area contributed by atoms with Gasteiger partial charge >= 0.3 is 0 Å². The highest BCUT2D eigenvalue weighted by Crippen LogP contribution is 2.12. The van der Waals surface area contributed by atoms with Crippen LogP contribution in [-0.4, -0.2) is 39.1 Å². The van der Waals surface area contributed by atoms with Gasteiger partial charge in [0.1, 0.15) is 0 Å². The van der Waals surface area contributed by atoms with Gasteiger partial charge in [0.2, 0.25) is 0 Å². The maximum absolute atomic E-state index is 11.4. The van der Waals surface area contributed by atoms with Crippen LogP contribution in [0.3, 0.4) is 0 Å². The van der Waals surface area contributed by atoms with Gasteiger partial charge in [-0.05, 0) is 5.57 Å². The summed E-state index contributed by atoms with van der Waals surface area (Å²) in [7, 11) is -2.85. The molecule has 2 heterocycles. The Morgan fingerprint density at radius 3 is 2.93 bits per heavy atom. The van der Waals surface area contributed by atoms with E-state index in [2.05, 4.69) is 10.6 Å². The molecule has 0 spiro atoms. The van der Waals surface area contributed by atoms with Crippen molar-refractivity contribution in [3.05, 3.63) is 23.9 Å². The van der Waals surface area contributed by atoms with Crippen molar-refractivity contribution in [3.63, 3.8) is 0 Å². The van der Waals surface area contributed by atoms with Gasteiger partial charge in [-0.1, -0.05) is 12.2 Å². The maximum Gasteiger partial charge on any atom is 0.153 e. The van der Waals surface area contributed by atoms with Gasteiger partial charge in [-0.3, -0.25) is 0 Å². The summed E-state index contributed by atoms with van der Waals surface area (Å²) >= 11 is 0. The van der Waals surface area contributed by atoms with Gasteiger partial charge in [-0.15, -0.1) is 0 Å². The van der Waals surface area contributed by atoms with Crippen molar-refractivity contribution < 1.29 is 8.42 Å². The van der Waals surface area contributed by atoms with Gasteiger partial charge in [-0.2, -0.15) is 0 Å². The van der Waals surface area contributed by atoms with Crippen LogP contribution in [0, 0.1) is 0 Å². The molecule has 1 saturated heterocycles. The highest BCUT2D eigenvalue weighted by molar-refractivity contribution is 7.91. The Balaban J connectivity index is 2.11. The lowest BCUT2D eigenvalue weighted by Gasteiger charge is -2.25. The fourth-order valence-corrected chi connectivity index (χ4v) is 3.12. The van der Waals surface area contributed by atoms with Crippen LogP contribution in [0.25, 0.3) is 0 Å². The number of nitrogens with one attached hydrogen (secondary N) is 2. The van der Waals surface area contributed by atoms with Gasteiger partial charge in [-0.25, -0.2) is 8.42 Å². The molecule has 1 fully saturated rings. The molecule has 0 aromatic heterocycles. The maximum atomic E-state index is 11.4. The van der Waals surface area contributed by atoms with Crippen molar-refractivity contribution >= 4 is 9.84 Å². The molecule has 4 nitrogen and oxygen atoms in total. The molecule has 1 atom stereocenters. The van der Waals surface area contributed by atoms with Gasteiger partial charge in [0.15, 0.2) is 9.84 Å². The summed E-state index contributed by atoms with van der Waals surface area (Å²) in [5, 5.41) is 6.28. The molecule has 2 aliphatic rings. The number of rotatable bonds is 1. The predicted molar refractivity (Wildman–Crippen MR) is 55.7 cm³/mol. The van der Waals surface area contributed by atoms with Crippen LogP contribution in [0.15, 0.2) is 23.9 Å². The molecule has 1 unspecified atom stereocenters. The Labute approximate surface area is 84.0 Å². The zero-order valence-corrected chi connectivity index (χ0v) is 8.68. The van der Waals surface area contributed by atoms with Crippen LogP contribution in [0.4, 0.5) is 0 Å². The highest BCUT2D eigenvalue weighted by Gasteiger charge is 2.26. The Bertz CT molecular complexity index is 370. The van der Waals surface area contributed by atoms with Crippen LogP contribution >= 0.6 is 0 Å². The third-order valence-electron chi connectivity index (χ3n) is 2.44. The molecule has 0 aromatic carbocycles. The molecular weight excluding hydrogens is 200 g/mol. The monoisotopic (exact) mass is 214 g/mol. The third-order valence-corrected chi connectivity index (χ3v) is 4.11. The SMILES string of the molecule is O=S1(=O)CCNC(C2=CNCC=C2)C1. The van der Waals surface area contributed by atoms with Crippen LogP contribution < -0.4 is 10.6 Å². The van der Waals surface area contributed by atoms with Crippen molar-refractivity contribution in [3.8, 4) is 0 Å². The van der Waals surface area contributed by atoms with E-state index in [1.165, 1.54) is 0 Å². The van der Waals surface area contributed by atoms with Gasteiger partial charge < -0.3 is 10.6 Å². The lowest BCUT2D eigenvalue weighted by molar-refractivity contribution is 0.549. The van der Waals surface area contributed by atoms with Crippen molar-refractivity contribution in [2.45, 2.75) is 6.04 Å². The summed E-state index contributed by atoms with van der Waals surface area (Å²) < 4.78 is 22.8. The minimum atomic E-state index is -2.85. The minimum Gasteiger partial charge on any atom is -0.387 e. The van der Waals surface area contributed by atoms with Gasteiger partial charge in [0, 0.05) is 25.3 Å². The van der Waals surface area contributed by atoms with Crippen LogP contribution in [0.5, 0.6) is 0 Å². The minimum absolute atomic E-state index is 0.0437. The van der Waals surface area contributed by atoms with Crippen molar-refractivity contribution in [2.75, 3.05) is 24.6 Å². The van der Waals surface area contributed by atoms with E-state index in [1.807, 2.05) is 18.4 Å². The lowest BCUT2D eigenvalue weighted by Crippen LogP contribution is -2.46. The molecule has 0 aliphatic carbocycles. The molecule has 2 rings (SSSR count). The first-order chi connectivity index (χ1) is 6.67. The molecule has 14 heavy (non-hydrogen) atoms. The summed E-state index contributed by atoms with van der Waals surface area (Å²) in [6.07, 6.45) is 5.87. The Morgan fingerprint density at radius 1 is 1.43 bits per heavy atom. The molecule has 0 bridgehead atoms. The Hall–Kier alpha value is -0.810. The van der Waals surface area contributed by atoms with Crippen LogP contribution in [-0.2, 0) is 9.84 Å². The van der Waals surface area contributed by atoms with Crippen molar-refractivity contribution in [1.29, 1.82) is 0 Å². The van der Waals surface area contributed by atoms with E-state index in [-0.39, 0.29) is 17.5 Å². The summed E-state index contributed by atoms with van der Waals surface area (Å²) in [4.78, 5) is 0. The Morgan fingerprint density at radius 2 is 2.29 bits per heavy atom. The largest absolute Gasteiger partial charge is 0.387 e. The van der Waals surface area contributed by atoms with E-state index in [4.69, 9.17) is 0 Å². The fourth-order valence-electron chi connectivity index (χ4n) is 1.70. The van der Waals surface area contributed by atoms with E-state index in [0.717, 1.165) is 12.1 Å². The quantitative estimate of drug-likeness (QED) is 0.613. The molecule has 0 amide bonds. The van der Waals surface area contributed by atoms with Crippen molar-refractivity contribution in [2.24, 2.45) is 0 Å². The first kappa shape index (κ1) is 9.73. The molecule has 5 heteroatoms. The average Bonchev–Trinajstić information content (AvgIpc) is 2.18. The lowest BCUT2D eigenvalue weighted by atomic mass is 10.1. The van der Waals surface area contributed by atoms with E-state index >= 15 is 0 Å². The van der Waals surface area contributed by atoms with Crippen LogP contribution in [0.2, 0.25) is 0 Å². The van der Waals surface area contributed by atoms with Gasteiger partial charge in [0.25, 0.3) is 0 Å². The van der Waals surface area contributed by atoms with E-state index < -0.39 is 9.84 Å². The molecule has 2 N–H and O–H groups in total. The van der Waals surface area contributed by atoms with Crippen molar-refractivity contribution in [1.82, 2.24) is 10.6 Å². The molecule has 0 saturated carbocycles. The first-order valence-electron chi connectivity index (χ1n) is 4.71. The molecule has 78 valence electrons. The number of hydrogen-bond acceptors (Lipinski definition) is 4. The number of hydrogen-bond donors (Lipinski definition) is 2. The topological polar surface area (TPSA) is 58.2 Å². The molecule has 0 aromatic rings. The van der Waals surface area contributed by atoms with E-state index in [9.17, 15) is 8.42 Å². The highest BCUT2D eigenvalue weighted by atomic mass is 32.2. The predicted octanol–water partition coefficient (Wildman–Crippen LogP) is -0.584. The molecule has 2 aliphatic heterocycles. The second-order valence-corrected chi connectivity index (χ2v) is 5.80. The number of dihydropyridines is 1. The zero-order valence-electron chi connectivity index (χ0n) is 7.86. The summed E-state index contributed by atoms with van der Waals surface area (Å²) in [5.74, 6) is 0.471. The summed E-state index contributed by atoms with van der Waals surface area (Å²) in [6.45, 7) is 1.38. The molecule has 0 radical (unpaired) electrons. The fraction of sp³-hybridized carbons (Fsp3) is 0.556. The normalized spacial score (nSPS) is 30.6. The van der Waals surface area contributed by atoms with Crippen LogP contribution in [0.1, 0.15) is 0 Å². The second-order valence-electron chi connectivity index (χ2n) is 3.58. The van der Waals surface area contributed by atoms with Gasteiger partial charge in [0.05, 0.1) is 11.5 Å². The summed E-state index contributed by atoms with van der Waals surface area (Å²) in [6, 6.07) is -0.0437. The molecular formula is C9H14N2O2S. The summed E-state index contributed by atoms with van der Waals surface area (Å²) in [5.41, 5.74) is 1.03. The average molecular weight is 214 g/mol. The smallest absolute Gasteiger partial charge is 0.153 e.